The predicted molar refractivity (Wildman–Crippen MR) is 101 cm³/mol. The Balaban J connectivity index is 2.16. The molecule has 3 rings (SSSR count). The topological polar surface area (TPSA) is 73.9 Å². The molecule has 0 saturated carbocycles. The van der Waals surface area contributed by atoms with Crippen molar-refractivity contribution in [1.82, 2.24) is 5.32 Å². The summed E-state index contributed by atoms with van der Waals surface area (Å²) < 4.78 is 16.5. The number of fused-ring (bicyclic) bond motifs is 1. The number of esters is 1. The molecule has 6 heteroatoms. The van der Waals surface area contributed by atoms with Crippen LogP contribution < -0.4 is 14.8 Å². The average Bonchev–Trinajstić information content (AvgIpc) is 3.02. The smallest absolute Gasteiger partial charge is 0.338 e. The highest BCUT2D eigenvalue weighted by molar-refractivity contribution is 6.01. The first-order valence-electron chi connectivity index (χ1n) is 8.87. The third-order valence-corrected chi connectivity index (χ3v) is 4.66. The lowest BCUT2D eigenvalue weighted by Gasteiger charge is -2.16. The van der Waals surface area contributed by atoms with Crippen LogP contribution >= 0.6 is 0 Å². The molecule has 2 aromatic rings. The Kier molecular flexibility index (Phi) is 5.35. The number of ether oxygens (including phenoxy) is 3. The fraction of sp³-hybridized carbons (Fsp3) is 0.333. The number of carbonyl (C=O) groups excluding carboxylic acids is 2. The minimum atomic E-state index is -0.464. The van der Waals surface area contributed by atoms with Crippen molar-refractivity contribution < 1.29 is 23.8 Å². The fourth-order valence-electron chi connectivity index (χ4n) is 3.44. The van der Waals surface area contributed by atoms with E-state index in [1.54, 1.807) is 27.1 Å². The van der Waals surface area contributed by atoms with Crippen molar-refractivity contribution in [2.75, 3.05) is 20.8 Å². The third kappa shape index (κ3) is 3.47. The zero-order valence-electron chi connectivity index (χ0n) is 15.9. The van der Waals surface area contributed by atoms with Gasteiger partial charge in [0.05, 0.1) is 24.8 Å². The van der Waals surface area contributed by atoms with Gasteiger partial charge in [0.15, 0.2) is 0 Å². The molecule has 0 spiro atoms. The maximum atomic E-state index is 12.4. The van der Waals surface area contributed by atoms with E-state index in [9.17, 15) is 9.59 Å². The van der Waals surface area contributed by atoms with Crippen LogP contribution in [0.3, 0.4) is 0 Å². The van der Waals surface area contributed by atoms with Gasteiger partial charge in [0, 0.05) is 18.5 Å². The molecule has 0 aliphatic carbocycles. The quantitative estimate of drug-likeness (QED) is 0.820. The van der Waals surface area contributed by atoms with E-state index < -0.39 is 5.97 Å². The first kappa shape index (κ1) is 18.8. The lowest BCUT2D eigenvalue weighted by atomic mass is 9.87. The van der Waals surface area contributed by atoms with E-state index >= 15 is 0 Å². The number of rotatable bonds is 5. The predicted octanol–water partition coefficient (Wildman–Crippen LogP) is 3.14. The molecule has 2 aromatic carbocycles. The molecule has 27 heavy (non-hydrogen) atoms. The lowest BCUT2D eigenvalue weighted by molar-refractivity contribution is 0.0526. The van der Waals surface area contributed by atoms with Crippen LogP contribution in [0.1, 0.15) is 51.6 Å². The largest absolute Gasteiger partial charge is 0.497 e. The van der Waals surface area contributed by atoms with Gasteiger partial charge in [-0.05, 0) is 43.7 Å². The Labute approximate surface area is 158 Å². The monoisotopic (exact) mass is 369 g/mol. The van der Waals surface area contributed by atoms with E-state index in [0.717, 1.165) is 16.9 Å². The van der Waals surface area contributed by atoms with Crippen molar-refractivity contribution in [1.29, 1.82) is 0 Å². The summed E-state index contributed by atoms with van der Waals surface area (Å²) in [5, 5.41) is 2.61. The zero-order chi connectivity index (χ0) is 19.6. The minimum absolute atomic E-state index is 0.132. The Morgan fingerprint density at radius 3 is 2.67 bits per heavy atom. The molecule has 2 atom stereocenters. The van der Waals surface area contributed by atoms with Crippen LogP contribution in [0, 0.1) is 0 Å². The van der Waals surface area contributed by atoms with Crippen LogP contribution in [0.2, 0.25) is 0 Å². The molecular weight excluding hydrogens is 346 g/mol. The number of benzene rings is 2. The Bertz CT molecular complexity index is 877. The summed E-state index contributed by atoms with van der Waals surface area (Å²) in [6, 6.07) is 11.0. The van der Waals surface area contributed by atoms with E-state index in [1.165, 1.54) is 6.07 Å². The summed E-state index contributed by atoms with van der Waals surface area (Å²) in [6.45, 7) is 3.95. The Hall–Kier alpha value is -3.02. The second kappa shape index (κ2) is 7.70. The number of carbonyl (C=O) groups is 2. The summed E-state index contributed by atoms with van der Waals surface area (Å²) in [6.07, 6.45) is -0.201. The SMILES string of the molecule is CCOC(=O)c1cc(C(=O)NC)c2c(c1)C(c1cccc(OC)c1)C(C)O2. The number of nitrogens with one attached hydrogen (secondary N) is 1. The molecule has 142 valence electrons. The van der Waals surface area contributed by atoms with Gasteiger partial charge in [-0.1, -0.05) is 12.1 Å². The van der Waals surface area contributed by atoms with Gasteiger partial charge in [-0.2, -0.15) is 0 Å². The van der Waals surface area contributed by atoms with Crippen LogP contribution in [-0.4, -0.2) is 38.7 Å². The second-order valence-electron chi connectivity index (χ2n) is 6.32. The highest BCUT2D eigenvalue weighted by Gasteiger charge is 2.36. The van der Waals surface area contributed by atoms with Crippen LogP contribution in [-0.2, 0) is 4.74 Å². The normalized spacial score (nSPS) is 17.6. The average molecular weight is 369 g/mol. The van der Waals surface area contributed by atoms with E-state index in [-0.39, 0.29) is 24.5 Å². The molecule has 0 saturated heterocycles. The molecule has 0 aromatic heterocycles. The van der Waals surface area contributed by atoms with Gasteiger partial charge >= 0.3 is 5.97 Å². The molecule has 0 bridgehead atoms. The van der Waals surface area contributed by atoms with Crippen molar-refractivity contribution in [2.45, 2.75) is 25.9 Å². The molecule has 0 fully saturated rings. The van der Waals surface area contributed by atoms with E-state index in [2.05, 4.69) is 5.32 Å². The molecule has 1 amide bonds. The summed E-state index contributed by atoms with van der Waals surface area (Å²) in [4.78, 5) is 24.7. The van der Waals surface area contributed by atoms with Gasteiger partial charge in [-0.15, -0.1) is 0 Å². The molecule has 2 unspecified atom stereocenters. The summed E-state index contributed by atoms with van der Waals surface area (Å²) >= 11 is 0. The van der Waals surface area contributed by atoms with Gasteiger partial charge < -0.3 is 19.5 Å². The molecule has 1 heterocycles. The van der Waals surface area contributed by atoms with Crippen LogP contribution in [0.4, 0.5) is 0 Å². The first-order valence-corrected chi connectivity index (χ1v) is 8.87. The maximum absolute atomic E-state index is 12.4. The van der Waals surface area contributed by atoms with Crippen molar-refractivity contribution >= 4 is 11.9 Å². The maximum Gasteiger partial charge on any atom is 0.338 e. The van der Waals surface area contributed by atoms with Gasteiger partial charge in [0.2, 0.25) is 0 Å². The van der Waals surface area contributed by atoms with Gasteiger partial charge in [-0.25, -0.2) is 4.79 Å². The van der Waals surface area contributed by atoms with Crippen molar-refractivity contribution in [3.8, 4) is 11.5 Å². The number of hydrogen-bond donors (Lipinski definition) is 1. The van der Waals surface area contributed by atoms with Crippen LogP contribution in [0.15, 0.2) is 36.4 Å². The van der Waals surface area contributed by atoms with Gasteiger partial charge in [0.1, 0.15) is 17.6 Å². The second-order valence-corrected chi connectivity index (χ2v) is 6.32. The lowest BCUT2D eigenvalue weighted by Crippen LogP contribution is -2.20. The fourth-order valence-corrected chi connectivity index (χ4v) is 3.44. The molecule has 1 aliphatic heterocycles. The molecule has 0 radical (unpaired) electrons. The van der Waals surface area contributed by atoms with Crippen LogP contribution in [0.5, 0.6) is 11.5 Å². The van der Waals surface area contributed by atoms with E-state index in [0.29, 0.717) is 16.9 Å². The Morgan fingerprint density at radius 2 is 2.00 bits per heavy atom. The van der Waals surface area contributed by atoms with Crippen molar-refractivity contribution in [3.05, 3.63) is 58.7 Å². The summed E-state index contributed by atoms with van der Waals surface area (Å²) in [7, 11) is 3.16. The van der Waals surface area contributed by atoms with Crippen LogP contribution in [0.25, 0.3) is 0 Å². The first-order chi connectivity index (χ1) is 13.0. The van der Waals surface area contributed by atoms with Gasteiger partial charge in [0.25, 0.3) is 5.91 Å². The third-order valence-electron chi connectivity index (χ3n) is 4.66. The number of hydrogen-bond acceptors (Lipinski definition) is 5. The molecule has 1 aliphatic rings. The number of methoxy groups -OCH3 is 1. The standard InChI is InChI=1S/C21H23NO5/c1-5-26-21(24)14-10-16-18(13-7-6-8-15(9-13)25-4)12(2)27-19(16)17(11-14)20(23)22-3/h6-12,18H,5H2,1-4H3,(H,22,23). The Morgan fingerprint density at radius 1 is 1.22 bits per heavy atom. The highest BCUT2D eigenvalue weighted by Crippen LogP contribution is 2.45. The van der Waals surface area contributed by atoms with Crippen molar-refractivity contribution in [2.24, 2.45) is 0 Å². The van der Waals surface area contributed by atoms with E-state index in [4.69, 9.17) is 14.2 Å². The number of amides is 1. The van der Waals surface area contributed by atoms with Crippen molar-refractivity contribution in [3.63, 3.8) is 0 Å². The summed E-state index contributed by atoms with van der Waals surface area (Å²) in [5.41, 5.74) is 2.44. The van der Waals surface area contributed by atoms with Gasteiger partial charge in [-0.3, -0.25) is 4.79 Å². The van der Waals surface area contributed by atoms with E-state index in [1.807, 2.05) is 31.2 Å². The highest BCUT2D eigenvalue weighted by atomic mass is 16.5. The minimum Gasteiger partial charge on any atom is -0.497 e. The zero-order valence-corrected chi connectivity index (χ0v) is 15.9. The molecule has 1 N–H and O–H groups in total. The molecule has 6 nitrogen and oxygen atoms in total. The summed E-state index contributed by atoms with van der Waals surface area (Å²) in [5.74, 6) is 0.335. The molecular formula is C21H23NO5.